The van der Waals surface area contributed by atoms with Gasteiger partial charge in [0.1, 0.15) is 5.69 Å². The van der Waals surface area contributed by atoms with Crippen LogP contribution in [0.2, 0.25) is 0 Å². The molecule has 1 aliphatic heterocycles. The molecule has 0 saturated carbocycles. The van der Waals surface area contributed by atoms with E-state index >= 15 is 0 Å². The summed E-state index contributed by atoms with van der Waals surface area (Å²) in [6, 6.07) is 0. The molecule has 3 heterocycles. The molecule has 0 radical (unpaired) electrons. The third-order valence-corrected chi connectivity index (χ3v) is 3.56. The molecule has 21 heavy (non-hydrogen) atoms. The Balaban J connectivity index is 1.58. The van der Waals surface area contributed by atoms with Crippen molar-refractivity contribution in [3.05, 3.63) is 24.5 Å². The first kappa shape index (κ1) is 13.7. The fraction of sp³-hybridized carbons (Fsp3) is 0.500. The molecule has 0 unspecified atom stereocenters. The zero-order valence-corrected chi connectivity index (χ0v) is 11.9. The minimum absolute atomic E-state index is 0.133. The van der Waals surface area contributed by atoms with Crippen LogP contribution in [0.3, 0.4) is 0 Å². The van der Waals surface area contributed by atoms with Gasteiger partial charge in [-0.15, -0.1) is 0 Å². The summed E-state index contributed by atoms with van der Waals surface area (Å²) in [5.74, 6) is 1.35. The van der Waals surface area contributed by atoms with Gasteiger partial charge in [-0.05, 0) is 6.42 Å². The van der Waals surface area contributed by atoms with Crippen LogP contribution in [0.15, 0.2) is 23.1 Å². The third-order valence-electron chi connectivity index (χ3n) is 3.56. The van der Waals surface area contributed by atoms with Crippen LogP contribution in [0.1, 0.15) is 38.0 Å². The molecule has 110 valence electrons. The third kappa shape index (κ3) is 2.91. The summed E-state index contributed by atoms with van der Waals surface area (Å²) in [6.45, 7) is 3.40. The number of likely N-dealkylation sites (tertiary alicyclic amines) is 1. The molecule has 0 N–H and O–H groups in total. The van der Waals surface area contributed by atoms with E-state index in [-0.39, 0.29) is 11.8 Å². The van der Waals surface area contributed by atoms with Crippen LogP contribution in [0, 0.1) is 0 Å². The highest BCUT2D eigenvalue weighted by molar-refractivity contribution is 5.77. The Morgan fingerprint density at radius 1 is 1.43 bits per heavy atom. The second-order valence-electron chi connectivity index (χ2n) is 5.15. The van der Waals surface area contributed by atoms with E-state index in [0.717, 1.165) is 12.8 Å². The standard InChI is InChI=1S/C14H17N5O2/c1-2-3-4-12(20)19-8-10(9-19)14-17-13(18-21-14)11-7-15-5-6-16-11/h5-7,10H,2-4,8-9H2,1H3. The fourth-order valence-electron chi connectivity index (χ4n) is 2.24. The molecule has 1 aliphatic rings. The lowest BCUT2D eigenvalue weighted by molar-refractivity contribution is -0.136. The maximum Gasteiger partial charge on any atom is 0.233 e. The lowest BCUT2D eigenvalue weighted by Crippen LogP contribution is -2.48. The molecule has 0 aromatic carbocycles. The van der Waals surface area contributed by atoms with Crippen molar-refractivity contribution in [1.29, 1.82) is 0 Å². The Morgan fingerprint density at radius 3 is 3.00 bits per heavy atom. The number of nitrogens with zero attached hydrogens (tertiary/aromatic N) is 5. The maximum atomic E-state index is 11.8. The predicted molar refractivity (Wildman–Crippen MR) is 74.2 cm³/mol. The number of hydrogen-bond acceptors (Lipinski definition) is 6. The normalized spacial score (nSPS) is 15.0. The van der Waals surface area contributed by atoms with Crippen molar-refractivity contribution < 1.29 is 9.32 Å². The molecule has 0 aliphatic carbocycles. The Bertz CT molecular complexity index is 607. The van der Waals surface area contributed by atoms with E-state index in [9.17, 15) is 4.79 Å². The van der Waals surface area contributed by atoms with E-state index in [1.807, 2.05) is 4.90 Å². The number of aromatic nitrogens is 4. The average Bonchev–Trinajstić information content (AvgIpc) is 2.94. The van der Waals surface area contributed by atoms with Crippen LogP contribution in [-0.4, -0.2) is 44.0 Å². The molecule has 1 saturated heterocycles. The van der Waals surface area contributed by atoms with Crippen molar-refractivity contribution in [2.75, 3.05) is 13.1 Å². The van der Waals surface area contributed by atoms with Crippen LogP contribution < -0.4 is 0 Å². The molecule has 7 nitrogen and oxygen atoms in total. The van der Waals surface area contributed by atoms with E-state index in [1.165, 1.54) is 0 Å². The minimum atomic E-state index is 0.133. The van der Waals surface area contributed by atoms with Gasteiger partial charge in [0.2, 0.25) is 17.6 Å². The summed E-state index contributed by atoms with van der Waals surface area (Å²) in [4.78, 5) is 26.1. The Kier molecular flexibility index (Phi) is 3.89. The van der Waals surface area contributed by atoms with Crippen molar-refractivity contribution in [2.45, 2.75) is 32.1 Å². The van der Waals surface area contributed by atoms with Crippen LogP contribution in [0.25, 0.3) is 11.5 Å². The second-order valence-corrected chi connectivity index (χ2v) is 5.15. The van der Waals surface area contributed by atoms with Gasteiger partial charge in [0.15, 0.2) is 0 Å². The SMILES string of the molecule is CCCCC(=O)N1CC(c2nc(-c3cnccn3)no2)C1. The van der Waals surface area contributed by atoms with Gasteiger partial charge in [-0.2, -0.15) is 4.98 Å². The number of amides is 1. The number of rotatable bonds is 5. The highest BCUT2D eigenvalue weighted by Crippen LogP contribution is 2.27. The molecule has 2 aromatic heterocycles. The smallest absolute Gasteiger partial charge is 0.233 e. The lowest BCUT2D eigenvalue weighted by atomic mass is 9.99. The summed E-state index contributed by atoms with van der Waals surface area (Å²) in [7, 11) is 0. The molecule has 0 atom stereocenters. The Labute approximate surface area is 122 Å². The van der Waals surface area contributed by atoms with Gasteiger partial charge in [0.25, 0.3) is 0 Å². The zero-order valence-electron chi connectivity index (χ0n) is 11.9. The zero-order chi connectivity index (χ0) is 14.7. The average molecular weight is 287 g/mol. The first-order chi connectivity index (χ1) is 10.3. The van der Waals surface area contributed by atoms with Crippen LogP contribution in [0.5, 0.6) is 0 Å². The maximum absolute atomic E-state index is 11.8. The van der Waals surface area contributed by atoms with Gasteiger partial charge in [0, 0.05) is 31.9 Å². The van der Waals surface area contributed by atoms with Crippen molar-refractivity contribution in [2.24, 2.45) is 0 Å². The van der Waals surface area contributed by atoms with Crippen molar-refractivity contribution >= 4 is 5.91 Å². The molecule has 2 aromatic rings. The van der Waals surface area contributed by atoms with Gasteiger partial charge in [0.05, 0.1) is 12.1 Å². The molecule has 1 fully saturated rings. The van der Waals surface area contributed by atoms with Crippen LogP contribution in [0.4, 0.5) is 0 Å². The van der Waals surface area contributed by atoms with E-state index in [4.69, 9.17) is 4.52 Å². The summed E-state index contributed by atoms with van der Waals surface area (Å²) in [5, 5.41) is 3.92. The Morgan fingerprint density at radius 2 is 2.29 bits per heavy atom. The number of carbonyl (C=O) groups excluding carboxylic acids is 1. The van der Waals surface area contributed by atoms with Gasteiger partial charge >= 0.3 is 0 Å². The fourth-order valence-corrected chi connectivity index (χ4v) is 2.24. The monoisotopic (exact) mass is 287 g/mol. The lowest BCUT2D eigenvalue weighted by Gasteiger charge is -2.37. The van der Waals surface area contributed by atoms with Crippen molar-refractivity contribution in [3.63, 3.8) is 0 Å². The van der Waals surface area contributed by atoms with E-state index in [0.29, 0.717) is 36.9 Å². The second kappa shape index (κ2) is 5.99. The van der Waals surface area contributed by atoms with E-state index in [1.54, 1.807) is 18.6 Å². The number of hydrogen-bond donors (Lipinski definition) is 0. The molecule has 7 heteroatoms. The molecule has 3 rings (SSSR count). The van der Waals surface area contributed by atoms with E-state index < -0.39 is 0 Å². The highest BCUT2D eigenvalue weighted by atomic mass is 16.5. The summed E-state index contributed by atoms with van der Waals surface area (Å²) in [5.41, 5.74) is 0.586. The van der Waals surface area contributed by atoms with Gasteiger partial charge in [-0.1, -0.05) is 18.5 Å². The highest BCUT2D eigenvalue weighted by Gasteiger charge is 2.35. The van der Waals surface area contributed by atoms with Crippen LogP contribution in [-0.2, 0) is 4.79 Å². The first-order valence-corrected chi connectivity index (χ1v) is 7.15. The molecular formula is C14H17N5O2. The number of carbonyl (C=O) groups is 1. The molecule has 0 spiro atoms. The Hall–Kier alpha value is -2.31. The first-order valence-electron chi connectivity index (χ1n) is 7.15. The summed E-state index contributed by atoms with van der Waals surface area (Å²) < 4.78 is 5.27. The minimum Gasteiger partial charge on any atom is -0.341 e. The van der Waals surface area contributed by atoms with E-state index in [2.05, 4.69) is 27.0 Å². The van der Waals surface area contributed by atoms with Gasteiger partial charge < -0.3 is 9.42 Å². The quantitative estimate of drug-likeness (QED) is 0.831. The summed E-state index contributed by atoms with van der Waals surface area (Å²) >= 11 is 0. The topological polar surface area (TPSA) is 85.0 Å². The van der Waals surface area contributed by atoms with Gasteiger partial charge in [-0.25, -0.2) is 4.98 Å². The predicted octanol–water partition coefficient (Wildman–Crippen LogP) is 1.64. The van der Waals surface area contributed by atoms with Crippen molar-refractivity contribution in [1.82, 2.24) is 25.0 Å². The van der Waals surface area contributed by atoms with Gasteiger partial charge in [-0.3, -0.25) is 9.78 Å². The number of unbranched alkanes of at least 4 members (excludes halogenated alkanes) is 1. The summed E-state index contributed by atoms with van der Waals surface area (Å²) in [6.07, 6.45) is 7.37. The molecule has 1 amide bonds. The largest absolute Gasteiger partial charge is 0.341 e. The molecule has 0 bridgehead atoms. The van der Waals surface area contributed by atoms with Crippen LogP contribution >= 0.6 is 0 Å². The molecular weight excluding hydrogens is 270 g/mol. The van der Waals surface area contributed by atoms with Crippen molar-refractivity contribution in [3.8, 4) is 11.5 Å².